The number of rotatable bonds is 13. The first-order valence-electron chi connectivity index (χ1n) is 12.6. The van der Waals surface area contributed by atoms with Crippen LogP contribution in [0.4, 0.5) is 0 Å². The molecule has 0 radical (unpaired) electrons. The summed E-state index contributed by atoms with van der Waals surface area (Å²) >= 11 is 0. The zero-order valence-corrected chi connectivity index (χ0v) is 21.4. The van der Waals surface area contributed by atoms with Crippen molar-refractivity contribution in [1.82, 2.24) is 20.2 Å². The third-order valence-electron chi connectivity index (χ3n) is 5.84. The largest absolute Gasteiger partial charge is 0.381 e. The lowest BCUT2D eigenvalue weighted by Gasteiger charge is -2.08. The van der Waals surface area contributed by atoms with E-state index in [2.05, 4.69) is 47.4 Å². The third kappa shape index (κ3) is 7.59. The Labute approximate surface area is 209 Å². The summed E-state index contributed by atoms with van der Waals surface area (Å²) in [5.41, 5.74) is 6.86. The number of hydrogen-bond donors (Lipinski definition) is 1. The number of pyridine rings is 2. The van der Waals surface area contributed by atoms with Crippen LogP contribution in [0.25, 0.3) is 34.8 Å². The second-order valence-electron chi connectivity index (χ2n) is 8.86. The van der Waals surface area contributed by atoms with Crippen LogP contribution in [-0.2, 0) is 4.74 Å². The molecule has 3 rings (SSSR count). The number of nitrogens with one attached hydrogen (secondary N) is 1. The van der Waals surface area contributed by atoms with E-state index >= 15 is 0 Å². The second kappa shape index (κ2) is 13.5. The van der Waals surface area contributed by atoms with Gasteiger partial charge in [-0.05, 0) is 81.4 Å². The van der Waals surface area contributed by atoms with E-state index in [1.165, 1.54) is 11.1 Å². The Morgan fingerprint density at radius 2 is 1.86 bits per heavy atom. The molecule has 0 aliphatic rings. The van der Waals surface area contributed by atoms with Crippen LogP contribution in [0, 0.1) is 6.92 Å². The van der Waals surface area contributed by atoms with Crippen LogP contribution >= 0.6 is 0 Å². The molecule has 0 aliphatic heterocycles. The van der Waals surface area contributed by atoms with Crippen LogP contribution in [0.1, 0.15) is 58.1 Å². The smallest absolute Gasteiger partial charge is 0.120 e. The minimum Gasteiger partial charge on any atom is -0.381 e. The Morgan fingerprint density at radius 1 is 1.03 bits per heavy atom. The van der Waals surface area contributed by atoms with Gasteiger partial charge in [-0.25, -0.2) is 4.98 Å². The fraction of sp³-hybridized carbons (Fsp3) is 0.367. The highest BCUT2D eigenvalue weighted by atomic mass is 16.5. The molecule has 0 unspecified atom stereocenters. The number of ether oxygens (including phenoxy) is 1. The van der Waals surface area contributed by atoms with Crippen molar-refractivity contribution < 1.29 is 4.74 Å². The number of allylic oxidation sites excluding steroid dienone is 3. The summed E-state index contributed by atoms with van der Waals surface area (Å²) in [6.45, 7) is 16.4. The summed E-state index contributed by atoms with van der Waals surface area (Å²) in [4.78, 5) is 9.68. The Morgan fingerprint density at radius 3 is 2.63 bits per heavy atom. The number of aromatic nitrogens is 4. The summed E-state index contributed by atoms with van der Waals surface area (Å²) in [5.74, 6) is 0. The molecule has 0 atom stereocenters. The van der Waals surface area contributed by atoms with Gasteiger partial charge in [-0.15, -0.1) is 0 Å². The van der Waals surface area contributed by atoms with Crippen molar-refractivity contribution in [2.45, 2.75) is 59.3 Å². The molecule has 1 N–H and O–H groups in total. The van der Waals surface area contributed by atoms with E-state index in [0.29, 0.717) is 0 Å². The fourth-order valence-corrected chi connectivity index (χ4v) is 4.08. The van der Waals surface area contributed by atoms with Crippen LogP contribution in [0.15, 0.2) is 60.8 Å². The van der Waals surface area contributed by atoms with E-state index < -0.39 is 0 Å². The lowest BCUT2D eigenvalue weighted by atomic mass is 10.0. The SMILES string of the molecule is C=C(CCCOCCC)CCCC(/C=C\C)=c1\nc(-c2c[nH]nc2-c2cccc(C)n2)ccc1=C. The molecule has 0 aromatic carbocycles. The highest BCUT2D eigenvalue weighted by Crippen LogP contribution is 2.27. The Kier molecular flexibility index (Phi) is 10.2. The normalized spacial score (nSPS) is 12.3. The third-order valence-corrected chi connectivity index (χ3v) is 5.84. The molecular weight excluding hydrogens is 432 g/mol. The minimum absolute atomic E-state index is 0.802. The first-order valence-corrected chi connectivity index (χ1v) is 12.6. The molecule has 3 heterocycles. The summed E-state index contributed by atoms with van der Waals surface area (Å²) in [7, 11) is 0. The molecule has 0 saturated carbocycles. The van der Waals surface area contributed by atoms with E-state index in [9.17, 15) is 0 Å². The van der Waals surface area contributed by atoms with Gasteiger partial charge < -0.3 is 4.74 Å². The number of hydrogen-bond acceptors (Lipinski definition) is 4. The molecule has 0 spiro atoms. The topological polar surface area (TPSA) is 63.7 Å². The first-order chi connectivity index (χ1) is 17.0. The van der Waals surface area contributed by atoms with Gasteiger partial charge in [-0.2, -0.15) is 5.10 Å². The molecule has 5 heteroatoms. The summed E-state index contributed by atoms with van der Waals surface area (Å²) in [5, 5.41) is 9.31. The number of H-pyrrole nitrogens is 1. The molecule has 184 valence electrons. The van der Waals surface area contributed by atoms with Crippen molar-refractivity contribution in [2.24, 2.45) is 0 Å². The van der Waals surface area contributed by atoms with Gasteiger partial charge in [0, 0.05) is 30.7 Å². The van der Waals surface area contributed by atoms with Crippen LogP contribution in [0.5, 0.6) is 0 Å². The van der Waals surface area contributed by atoms with Crippen LogP contribution < -0.4 is 10.6 Å². The Balaban J connectivity index is 1.79. The van der Waals surface area contributed by atoms with Crippen molar-refractivity contribution in [3.63, 3.8) is 0 Å². The maximum atomic E-state index is 5.58. The quantitative estimate of drug-likeness (QED) is 0.249. The molecule has 3 aromatic rings. The first kappa shape index (κ1) is 26.3. The molecule has 0 bridgehead atoms. The van der Waals surface area contributed by atoms with Crippen LogP contribution in [0.2, 0.25) is 0 Å². The maximum Gasteiger partial charge on any atom is 0.120 e. The van der Waals surface area contributed by atoms with Crippen LogP contribution in [0.3, 0.4) is 0 Å². The number of aryl methyl sites for hydroxylation is 1. The standard InChI is InChI=1S/C30H38N4O/c1-6-11-25(15-8-12-22(3)13-10-20-35-19-7-2)29-23(4)17-18-27(33-29)26-21-31-34-30(26)28-16-9-14-24(5)32-28/h6,9,11,14,16-18,21H,3-4,7-8,10,12-13,15,19-20H2,1-2,5H3,(H,31,34)/b11-6-,29-25-. The number of nitrogens with zero attached hydrogens (tertiary/aromatic N) is 3. The molecule has 5 nitrogen and oxygen atoms in total. The summed E-state index contributed by atoms with van der Waals surface area (Å²) in [6.07, 6.45) is 12.2. The van der Waals surface area contributed by atoms with E-state index in [1.807, 2.05) is 50.4 Å². The Bertz CT molecular complexity index is 1260. The Hall–Kier alpha value is -3.31. The second-order valence-corrected chi connectivity index (χ2v) is 8.86. The van der Waals surface area contributed by atoms with E-state index in [-0.39, 0.29) is 0 Å². The fourth-order valence-electron chi connectivity index (χ4n) is 4.08. The molecule has 35 heavy (non-hydrogen) atoms. The monoisotopic (exact) mass is 470 g/mol. The van der Waals surface area contributed by atoms with E-state index in [4.69, 9.17) is 9.72 Å². The van der Waals surface area contributed by atoms with E-state index in [0.717, 1.165) is 90.6 Å². The van der Waals surface area contributed by atoms with Gasteiger partial charge in [0.25, 0.3) is 0 Å². The van der Waals surface area contributed by atoms with Gasteiger partial charge in [0.15, 0.2) is 0 Å². The van der Waals surface area contributed by atoms with Gasteiger partial charge in [0.2, 0.25) is 0 Å². The van der Waals surface area contributed by atoms with Gasteiger partial charge in [0.05, 0.1) is 16.7 Å². The molecule has 0 fully saturated rings. The predicted molar refractivity (Wildman–Crippen MR) is 146 cm³/mol. The molecule has 0 amide bonds. The van der Waals surface area contributed by atoms with Crippen molar-refractivity contribution >= 4 is 12.2 Å². The summed E-state index contributed by atoms with van der Waals surface area (Å²) < 4.78 is 5.58. The molecule has 0 aliphatic carbocycles. The van der Waals surface area contributed by atoms with Crippen molar-refractivity contribution in [1.29, 1.82) is 0 Å². The zero-order valence-electron chi connectivity index (χ0n) is 21.4. The van der Waals surface area contributed by atoms with Crippen molar-refractivity contribution in [3.8, 4) is 22.6 Å². The zero-order chi connectivity index (χ0) is 25.0. The van der Waals surface area contributed by atoms with E-state index in [1.54, 1.807) is 0 Å². The molecule has 0 saturated heterocycles. The van der Waals surface area contributed by atoms with Crippen molar-refractivity contribution in [2.75, 3.05) is 13.2 Å². The molecular formula is C30H38N4O. The highest BCUT2D eigenvalue weighted by molar-refractivity contribution is 5.76. The minimum atomic E-state index is 0.802. The predicted octanol–water partition coefficient (Wildman–Crippen LogP) is 5.91. The average molecular weight is 471 g/mol. The lowest BCUT2D eigenvalue weighted by molar-refractivity contribution is 0.132. The van der Waals surface area contributed by atoms with Gasteiger partial charge in [-0.3, -0.25) is 10.1 Å². The summed E-state index contributed by atoms with van der Waals surface area (Å²) in [6, 6.07) is 10.0. The van der Waals surface area contributed by atoms with Gasteiger partial charge >= 0.3 is 0 Å². The highest BCUT2D eigenvalue weighted by Gasteiger charge is 2.13. The maximum absolute atomic E-state index is 5.58. The molecule has 3 aromatic heterocycles. The average Bonchev–Trinajstić information content (AvgIpc) is 3.34. The van der Waals surface area contributed by atoms with Crippen LogP contribution in [-0.4, -0.2) is 33.4 Å². The lowest BCUT2D eigenvalue weighted by Crippen LogP contribution is -2.29. The van der Waals surface area contributed by atoms with Crippen molar-refractivity contribution in [3.05, 3.63) is 77.1 Å². The number of aromatic amines is 1. The van der Waals surface area contributed by atoms with Gasteiger partial charge in [0.1, 0.15) is 5.69 Å². The van der Waals surface area contributed by atoms with Gasteiger partial charge in [-0.1, -0.05) is 49.9 Å².